The van der Waals surface area contributed by atoms with Crippen LogP contribution < -0.4 is 5.32 Å². The predicted molar refractivity (Wildman–Crippen MR) is 72.7 cm³/mol. The quantitative estimate of drug-likeness (QED) is 0.687. The number of rotatable bonds is 9. The van der Waals surface area contributed by atoms with E-state index < -0.39 is 0 Å². The van der Waals surface area contributed by atoms with Crippen molar-refractivity contribution < 1.29 is 9.15 Å². The monoisotopic (exact) mass is 254 g/mol. The number of hydrogen-bond acceptors (Lipinski definition) is 4. The van der Waals surface area contributed by atoms with E-state index in [2.05, 4.69) is 31.1 Å². The fourth-order valence-corrected chi connectivity index (χ4v) is 1.83. The summed E-state index contributed by atoms with van der Waals surface area (Å²) in [7, 11) is 1.72. The molecule has 1 aromatic rings. The number of nitrogens with zero attached hydrogens (tertiary/aromatic N) is 1. The topological polar surface area (TPSA) is 47.3 Å². The predicted octanol–water partition coefficient (Wildman–Crippen LogP) is 2.29. The summed E-state index contributed by atoms with van der Waals surface area (Å²) in [6.07, 6.45) is 3.58. The van der Waals surface area contributed by atoms with E-state index in [-0.39, 0.29) is 0 Å². The largest absolute Gasteiger partial charge is 0.446 e. The third-order valence-electron chi connectivity index (χ3n) is 2.67. The smallest absolute Gasteiger partial charge is 0.195 e. The first-order valence-corrected chi connectivity index (χ1v) is 6.75. The van der Waals surface area contributed by atoms with Gasteiger partial charge >= 0.3 is 0 Å². The Morgan fingerprint density at radius 2 is 2.17 bits per heavy atom. The van der Waals surface area contributed by atoms with Crippen LogP contribution in [-0.2, 0) is 17.6 Å². The standard InChI is InChI=1S/C14H26N2O2/c1-11(2)8-15-6-5-14-16-9-13(18-14)7-12(3)10-17-4/h9,11-12,15H,5-8,10H2,1-4H3. The first kappa shape index (κ1) is 15.2. The van der Waals surface area contributed by atoms with Crippen molar-refractivity contribution in [2.45, 2.75) is 33.6 Å². The molecular weight excluding hydrogens is 228 g/mol. The Morgan fingerprint density at radius 3 is 2.83 bits per heavy atom. The van der Waals surface area contributed by atoms with E-state index in [0.717, 1.165) is 44.2 Å². The molecule has 0 spiro atoms. The van der Waals surface area contributed by atoms with Crippen molar-refractivity contribution in [3.63, 3.8) is 0 Å². The molecule has 0 bridgehead atoms. The molecule has 1 rings (SSSR count). The van der Waals surface area contributed by atoms with Crippen LogP contribution in [-0.4, -0.2) is 31.8 Å². The van der Waals surface area contributed by atoms with Gasteiger partial charge in [-0.3, -0.25) is 0 Å². The minimum Gasteiger partial charge on any atom is -0.446 e. The molecule has 0 radical (unpaired) electrons. The molecular formula is C14H26N2O2. The molecule has 4 heteroatoms. The lowest BCUT2D eigenvalue weighted by atomic mass is 10.1. The number of hydrogen-bond donors (Lipinski definition) is 1. The van der Waals surface area contributed by atoms with Crippen LogP contribution in [0.25, 0.3) is 0 Å². The summed E-state index contributed by atoms with van der Waals surface area (Å²) in [4.78, 5) is 4.30. The van der Waals surface area contributed by atoms with Crippen LogP contribution in [0.15, 0.2) is 10.6 Å². The molecule has 0 fully saturated rings. The van der Waals surface area contributed by atoms with Crippen molar-refractivity contribution in [2.24, 2.45) is 11.8 Å². The second-order valence-electron chi connectivity index (χ2n) is 5.33. The van der Waals surface area contributed by atoms with Crippen molar-refractivity contribution in [1.29, 1.82) is 0 Å². The fraction of sp³-hybridized carbons (Fsp3) is 0.786. The summed E-state index contributed by atoms with van der Waals surface area (Å²) in [5, 5.41) is 3.38. The Kier molecular flexibility index (Phi) is 6.98. The summed E-state index contributed by atoms with van der Waals surface area (Å²) in [5.74, 6) is 2.93. The highest BCUT2D eigenvalue weighted by Crippen LogP contribution is 2.10. The summed E-state index contributed by atoms with van der Waals surface area (Å²) in [6, 6.07) is 0. The minimum atomic E-state index is 0.467. The van der Waals surface area contributed by atoms with Crippen LogP contribution in [0.3, 0.4) is 0 Å². The van der Waals surface area contributed by atoms with E-state index in [9.17, 15) is 0 Å². The van der Waals surface area contributed by atoms with E-state index in [0.29, 0.717) is 11.8 Å². The van der Waals surface area contributed by atoms with E-state index in [1.807, 2.05) is 6.20 Å². The van der Waals surface area contributed by atoms with Gasteiger partial charge in [0.25, 0.3) is 0 Å². The molecule has 0 aliphatic carbocycles. The molecule has 1 N–H and O–H groups in total. The van der Waals surface area contributed by atoms with Crippen LogP contribution in [0.4, 0.5) is 0 Å². The van der Waals surface area contributed by atoms with Crippen molar-refractivity contribution in [3.8, 4) is 0 Å². The van der Waals surface area contributed by atoms with Crippen molar-refractivity contribution >= 4 is 0 Å². The van der Waals surface area contributed by atoms with Gasteiger partial charge in [0.05, 0.1) is 6.20 Å². The second kappa shape index (κ2) is 8.27. The van der Waals surface area contributed by atoms with Crippen LogP contribution in [0.1, 0.15) is 32.4 Å². The minimum absolute atomic E-state index is 0.467. The van der Waals surface area contributed by atoms with Gasteiger partial charge in [-0.2, -0.15) is 0 Å². The maximum absolute atomic E-state index is 5.70. The lowest BCUT2D eigenvalue weighted by Gasteiger charge is -2.07. The number of methoxy groups -OCH3 is 1. The van der Waals surface area contributed by atoms with E-state index >= 15 is 0 Å². The van der Waals surface area contributed by atoms with Crippen molar-refractivity contribution in [3.05, 3.63) is 17.8 Å². The molecule has 0 saturated carbocycles. The lowest BCUT2D eigenvalue weighted by Crippen LogP contribution is -2.22. The number of oxazole rings is 1. The van der Waals surface area contributed by atoms with Gasteiger partial charge in [-0.1, -0.05) is 20.8 Å². The Balaban J connectivity index is 2.25. The summed E-state index contributed by atoms with van der Waals surface area (Å²) >= 11 is 0. The Labute approximate surface area is 110 Å². The van der Waals surface area contributed by atoms with E-state index in [1.54, 1.807) is 7.11 Å². The highest BCUT2D eigenvalue weighted by molar-refractivity contribution is 4.95. The van der Waals surface area contributed by atoms with Crippen LogP contribution >= 0.6 is 0 Å². The van der Waals surface area contributed by atoms with E-state index in [1.165, 1.54) is 0 Å². The number of nitrogens with one attached hydrogen (secondary N) is 1. The molecule has 0 aliphatic heterocycles. The van der Waals surface area contributed by atoms with Gasteiger partial charge in [0, 0.05) is 33.1 Å². The first-order valence-electron chi connectivity index (χ1n) is 6.75. The van der Waals surface area contributed by atoms with Crippen molar-refractivity contribution in [1.82, 2.24) is 10.3 Å². The average molecular weight is 254 g/mol. The molecule has 18 heavy (non-hydrogen) atoms. The summed E-state index contributed by atoms with van der Waals surface area (Å²) in [6.45, 7) is 9.27. The zero-order valence-corrected chi connectivity index (χ0v) is 12.0. The van der Waals surface area contributed by atoms with Gasteiger partial charge in [0.2, 0.25) is 0 Å². The molecule has 0 aliphatic rings. The number of ether oxygens (including phenoxy) is 1. The Hall–Kier alpha value is -0.870. The third kappa shape index (κ3) is 6.17. The number of aromatic nitrogens is 1. The maximum Gasteiger partial charge on any atom is 0.195 e. The SMILES string of the molecule is COCC(C)Cc1cnc(CCNCC(C)C)o1. The summed E-state index contributed by atoms with van der Waals surface area (Å²) < 4.78 is 10.8. The summed E-state index contributed by atoms with van der Waals surface area (Å²) in [5.41, 5.74) is 0. The van der Waals surface area contributed by atoms with Gasteiger partial charge in [0.1, 0.15) is 5.76 Å². The van der Waals surface area contributed by atoms with Gasteiger partial charge in [-0.15, -0.1) is 0 Å². The zero-order chi connectivity index (χ0) is 13.4. The lowest BCUT2D eigenvalue weighted by molar-refractivity contribution is 0.156. The second-order valence-corrected chi connectivity index (χ2v) is 5.33. The molecule has 1 heterocycles. The van der Waals surface area contributed by atoms with Gasteiger partial charge < -0.3 is 14.5 Å². The molecule has 1 unspecified atom stereocenters. The van der Waals surface area contributed by atoms with Gasteiger partial charge in [-0.05, 0) is 18.4 Å². The van der Waals surface area contributed by atoms with Crippen molar-refractivity contribution in [2.75, 3.05) is 26.8 Å². The highest BCUT2D eigenvalue weighted by atomic mass is 16.5. The van der Waals surface area contributed by atoms with E-state index in [4.69, 9.17) is 9.15 Å². The first-order chi connectivity index (χ1) is 8.61. The molecule has 104 valence electrons. The molecule has 1 atom stereocenters. The van der Waals surface area contributed by atoms with Crippen LogP contribution in [0.5, 0.6) is 0 Å². The molecule has 4 nitrogen and oxygen atoms in total. The van der Waals surface area contributed by atoms with Gasteiger partial charge in [-0.25, -0.2) is 4.98 Å². The molecule has 0 saturated heterocycles. The Bertz CT molecular complexity index is 323. The van der Waals surface area contributed by atoms with Crippen LogP contribution in [0, 0.1) is 11.8 Å². The molecule has 1 aromatic heterocycles. The normalized spacial score (nSPS) is 13.2. The zero-order valence-electron chi connectivity index (χ0n) is 12.0. The van der Waals surface area contributed by atoms with Crippen LogP contribution in [0.2, 0.25) is 0 Å². The third-order valence-corrected chi connectivity index (χ3v) is 2.67. The average Bonchev–Trinajstić information content (AvgIpc) is 2.72. The molecule has 0 aromatic carbocycles. The molecule has 0 amide bonds. The Morgan fingerprint density at radius 1 is 1.39 bits per heavy atom. The van der Waals surface area contributed by atoms with Gasteiger partial charge in [0.15, 0.2) is 5.89 Å². The highest BCUT2D eigenvalue weighted by Gasteiger charge is 2.08. The fourth-order valence-electron chi connectivity index (χ4n) is 1.83. The maximum atomic E-state index is 5.70.